The van der Waals surface area contributed by atoms with Crippen LogP contribution in [0.5, 0.6) is 0 Å². The normalized spacial score (nSPS) is 12.0. The van der Waals surface area contributed by atoms with Gasteiger partial charge in [-0.2, -0.15) is 0 Å². The molecule has 1 heterocycles. The first kappa shape index (κ1) is 20.1. The van der Waals surface area contributed by atoms with E-state index in [1.807, 2.05) is 45.0 Å². The molecule has 1 N–H and O–H groups in total. The van der Waals surface area contributed by atoms with Gasteiger partial charge in [0.1, 0.15) is 0 Å². The number of aromatic nitrogens is 3. The van der Waals surface area contributed by atoms with Crippen LogP contribution in [0.1, 0.15) is 30.5 Å². The van der Waals surface area contributed by atoms with Crippen LogP contribution in [0, 0.1) is 20.8 Å². The SMILES string of the molecule is CCn1c(SC(C)C(=O)Nc2cc(C)cc(C)c2)nnc1-c1cccc(C)c1. The number of benzene rings is 2. The lowest BCUT2D eigenvalue weighted by Crippen LogP contribution is -2.23. The lowest BCUT2D eigenvalue weighted by atomic mass is 10.1. The number of nitrogens with one attached hydrogen (secondary N) is 1. The van der Waals surface area contributed by atoms with Gasteiger partial charge in [-0.15, -0.1) is 10.2 Å². The van der Waals surface area contributed by atoms with Gasteiger partial charge in [-0.1, -0.05) is 41.6 Å². The summed E-state index contributed by atoms with van der Waals surface area (Å²) in [7, 11) is 0. The highest BCUT2D eigenvalue weighted by atomic mass is 32.2. The number of carbonyl (C=O) groups is 1. The zero-order chi connectivity index (χ0) is 20.3. The van der Waals surface area contributed by atoms with Crippen molar-refractivity contribution in [2.24, 2.45) is 0 Å². The molecule has 0 fully saturated rings. The first-order chi connectivity index (χ1) is 13.4. The minimum atomic E-state index is -0.291. The summed E-state index contributed by atoms with van der Waals surface area (Å²) in [6.07, 6.45) is 0. The van der Waals surface area contributed by atoms with Crippen LogP contribution < -0.4 is 5.32 Å². The smallest absolute Gasteiger partial charge is 0.237 e. The third kappa shape index (κ3) is 4.62. The number of hydrogen-bond acceptors (Lipinski definition) is 4. The summed E-state index contributed by atoms with van der Waals surface area (Å²) in [5.74, 6) is 0.786. The van der Waals surface area contributed by atoms with Gasteiger partial charge in [0.2, 0.25) is 5.91 Å². The second-order valence-corrected chi connectivity index (χ2v) is 8.35. The van der Waals surface area contributed by atoms with Gasteiger partial charge in [-0.05, 0) is 63.9 Å². The molecule has 0 saturated carbocycles. The van der Waals surface area contributed by atoms with Gasteiger partial charge in [-0.3, -0.25) is 4.79 Å². The molecule has 0 aliphatic heterocycles. The maximum Gasteiger partial charge on any atom is 0.237 e. The second-order valence-electron chi connectivity index (χ2n) is 7.05. The molecular weight excluding hydrogens is 368 g/mol. The predicted molar refractivity (Wildman–Crippen MR) is 116 cm³/mol. The first-order valence-corrected chi connectivity index (χ1v) is 10.3. The fourth-order valence-corrected chi connectivity index (χ4v) is 4.07. The number of hydrogen-bond donors (Lipinski definition) is 1. The van der Waals surface area contributed by atoms with Gasteiger partial charge < -0.3 is 9.88 Å². The topological polar surface area (TPSA) is 59.8 Å². The summed E-state index contributed by atoms with van der Waals surface area (Å²) in [5.41, 5.74) is 5.30. The van der Waals surface area contributed by atoms with E-state index in [1.165, 1.54) is 17.3 Å². The van der Waals surface area contributed by atoms with Crippen molar-refractivity contribution in [1.82, 2.24) is 14.8 Å². The molecule has 1 aromatic heterocycles. The predicted octanol–water partition coefficient (Wildman–Crippen LogP) is 5.01. The van der Waals surface area contributed by atoms with E-state index in [9.17, 15) is 4.79 Å². The summed E-state index contributed by atoms with van der Waals surface area (Å²) < 4.78 is 2.06. The average Bonchev–Trinajstić information content (AvgIpc) is 3.03. The molecule has 28 heavy (non-hydrogen) atoms. The van der Waals surface area contributed by atoms with E-state index in [1.54, 1.807) is 0 Å². The molecule has 0 aliphatic rings. The Balaban J connectivity index is 1.76. The Bertz CT molecular complexity index is 976. The monoisotopic (exact) mass is 394 g/mol. The Morgan fingerprint density at radius 1 is 1.07 bits per heavy atom. The third-order valence-corrected chi connectivity index (χ3v) is 5.53. The quantitative estimate of drug-likeness (QED) is 0.597. The highest BCUT2D eigenvalue weighted by molar-refractivity contribution is 8.00. The van der Waals surface area contributed by atoms with Crippen LogP contribution in [-0.4, -0.2) is 25.9 Å². The van der Waals surface area contributed by atoms with E-state index in [0.717, 1.165) is 39.9 Å². The van der Waals surface area contributed by atoms with Crippen molar-refractivity contribution in [3.63, 3.8) is 0 Å². The van der Waals surface area contributed by atoms with E-state index in [4.69, 9.17) is 0 Å². The van der Waals surface area contributed by atoms with E-state index in [2.05, 4.69) is 52.1 Å². The molecule has 6 heteroatoms. The van der Waals surface area contributed by atoms with Gasteiger partial charge in [0.05, 0.1) is 5.25 Å². The fourth-order valence-electron chi connectivity index (χ4n) is 3.16. The van der Waals surface area contributed by atoms with Crippen molar-refractivity contribution in [3.8, 4) is 11.4 Å². The van der Waals surface area contributed by atoms with E-state index < -0.39 is 0 Å². The van der Waals surface area contributed by atoms with Gasteiger partial charge >= 0.3 is 0 Å². The van der Waals surface area contributed by atoms with Crippen molar-refractivity contribution < 1.29 is 4.79 Å². The summed E-state index contributed by atoms with van der Waals surface area (Å²) in [6, 6.07) is 14.3. The van der Waals surface area contributed by atoms with Crippen molar-refractivity contribution in [1.29, 1.82) is 0 Å². The Labute approximate surface area is 170 Å². The van der Waals surface area contributed by atoms with E-state index >= 15 is 0 Å². The summed E-state index contributed by atoms with van der Waals surface area (Å²) in [5, 5.41) is 12.2. The third-order valence-electron chi connectivity index (χ3n) is 4.45. The maximum atomic E-state index is 12.7. The van der Waals surface area contributed by atoms with E-state index in [-0.39, 0.29) is 11.2 Å². The van der Waals surface area contributed by atoms with Crippen LogP contribution in [0.15, 0.2) is 47.6 Å². The molecule has 1 atom stereocenters. The maximum absolute atomic E-state index is 12.7. The second kappa shape index (κ2) is 8.61. The molecule has 0 bridgehead atoms. The fraction of sp³-hybridized carbons (Fsp3) is 0.318. The van der Waals surface area contributed by atoms with Crippen LogP contribution >= 0.6 is 11.8 Å². The van der Waals surface area contributed by atoms with Crippen molar-refractivity contribution in [2.75, 3.05) is 5.32 Å². The first-order valence-electron chi connectivity index (χ1n) is 9.43. The van der Waals surface area contributed by atoms with Crippen LogP contribution in [0.3, 0.4) is 0 Å². The average molecular weight is 395 g/mol. The number of aryl methyl sites for hydroxylation is 3. The number of thioether (sulfide) groups is 1. The molecule has 0 radical (unpaired) electrons. The van der Waals surface area contributed by atoms with Crippen LogP contribution in [-0.2, 0) is 11.3 Å². The van der Waals surface area contributed by atoms with Crippen LogP contribution in [0.2, 0.25) is 0 Å². The van der Waals surface area contributed by atoms with Crippen LogP contribution in [0.25, 0.3) is 11.4 Å². The molecule has 0 spiro atoms. The summed E-state index contributed by atoms with van der Waals surface area (Å²) in [6.45, 7) is 10.8. The van der Waals surface area contributed by atoms with Gasteiger partial charge in [-0.25, -0.2) is 0 Å². The molecular formula is C22H26N4OS. The molecule has 1 amide bonds. The van der Waals surface area contributed by atoms with Gasteiger partial charge in [0.25, 0.3) is 0 Å². The van der Waals surface area contributed by atoms with Crippen molar-refractivity contribution in [2.45, 2.75) is 51.6 Å². The molecule has 1 unspecified atom stereocenters. The molecule has 0 saturated heterocycles. The molecule has 146 valence electrons. The molecule has 3 rings (SSSR count). The minimum Gasteiger partial charge on any atom is -0.325 e. The molecule has 5 nitrogen and oxygen atoms in total. The lowest BCUT2D eigenvalue weighted by Gasteiger charge is -2.13. The standard InChI is InChI=1S/C22H26N4OS/c1-6-26-20(18-9-7-8-14(2)11-18)24-25-22(26)28-17(5)21(27)23-19-12-15(3)10-16(4)13-19/h7-13,17H,6H2,1-5H3,(H,23,27). The Morgan fingerprint density at radius 3 is 2.43 bits per heavy atom. The number of nitrogens with zero attached hydrogens (tertiary/aromatic N) is 3. The highest BCUT2D eigenvalue weighted by Gasteiger charge is 2.20. The minimum absolute atomic E-state index is 0.0437. The Hall–Kier alpha value is -2.60. The summed E-state index contributed by atoms with van der Waals surface area (Å²) in [4.78, 5) is 12.7. The largest absolute Gasteiger partial charge is 0.325 e. The van der Waals surface area contributed by atoms with Crippen molar-refractivity contribution in [3.05, 3.63) is 59.2 Å². The highest BCUT2D eigenvalue weighted by Crippen LogP contribution is 2.28. The molecule has 3 aromatic rings. The number of rotatable bonds is 6. The lowest BCUT2D eigenvalue weighted by molar-refractivity contribution is -0.115. The van der Waals surface area contributed by atoms with Gasteiger partial charge in [0, 0.05) is 17.8 Å². The number of anilines is 1. The van der Waals surface area contributed by atoms with E-state index in [0.29, 0.717) is 0 Å². The number of carbonyl (C=O) groups excluding carboxylic acids is 1. The number of amides is 1. The zero-order valence-electron chi connectivity index (χ0n) is 17.0. The Kier molecular flexibility index (Phi) is 6.19. The van der Waals surface area contributed by atoms with Crippen molar-refractivity contribution >= 4 is 23.4 Å². The Morgan fingerprint density at radius 2 is 1.79 bits per heavy atom. The summed E-state index contributed by atoms with van der Waals surface area (Å²) >= 11 is 1.43. The van der Waals surface area contributed by atoms with Crippen LogP contribution in [0.4, 0.5) is 5.69 Å². The molecule has 2 aromatic carbocycles. The zero-order valence-corrected chi connectivity index (χ0v) is 17.8. The molecule has 0 aliphatic carbocycles. The van der Waals surface area contributed by atoms with Gasteiger partial charge in [0.15, 0.2) is 11.0 Å².